The molecule has 4 aliphatic rings. The minimum Gasteiger partial charge on any atom is -0.332 e. The molecule has 1 aromatic carbocycles. The predicted octanol–water partition coefficient (Wildman–Crippen LogP) is 5.45. The number of carbonyl (C=O) groups is 1. The van der Waals surface area contributed by atoms with Crippen molar-refractivity contribution in [1.29, 1.82) is 0 Å². The first-order chi connectivity index (χ1) is 11.7. The van der Waals surface area contributed by atoms with Crippen molar-refractivity contribution in [3.05, 3.63) is 28.8 Å². The summed E-state index contributed by atoms with van der Waals surface area (Å²) in [5.41, 5.74) is -1.44. The van der Waals surface area contributed by atoms with E-state index in [1.807, 2.05) is 0 Å². The average molecular weight is 373 g/mol. The lowest BCUT2D eigenvalue weighted by Crippen LogP contribution is -2.60. The largest absolute Gasteiger partial charge is 0.418 e. The molecule has 4 aliphatic carbocycles. The Bertz CT molecular complexity index is 669. The molecule has 3 nitrogen and oxygen atoms in total. The van der Waals surface area contributed by atoms with Crippen LogP contribution in [-0.2, 0) is 6.18 Å². The highest BCUT2D eigenvalue weighted by Gasteiger charge is 2.51. The van der Waals surface area contributed by atoms with Crippen LogP contribution < -0.4 is 10.6 Å². The second-order valence-electron chi connectivity index (χ2n) is 7.96. The molecule has 0 heterocycles. The Kier molecular flexibility index (Phi) is 3.94. The van der Waals surface area contributed by atoms with Crippen molar-refractivity contribution >= 4 is 23.3 Å². The average Bonchev–Trinajstić information content (AvgIpc) is 2.46. The second kappa shape index (κ2) is 5.79. The number of rotatable bonds is 2. The monoisotopic (exact) mass is 372 g/mol. The summed E-state index contributed by atoms with van der Waals surface area (Å²) in [5.74, 6) is 1.94. The number of nitrogens with one attached hydrogen (secondary N) is 2. The van der Waals surface area contributed by atoms with Gasteiger partial charge in [0.05, 0.1) is 11.3 Å². The van der Waals surface area contributed by atoms with Crippen LogP contribution in [0.2, 0.25) is 5.02 Å². The van der Waals surface area contributed by atoms with Crippen molar-refractivity contribution in [2.24, 2.45) is 17.8 Å². The Morgan fingerprint density at radius 2 is 1.64 bits per heavy atom. The van der Waals surface area contributed by atoms with E-state index in [2.05, 4.69) is 10.6 Å². The molecule has 2 N–H and O–H groups in total. The first-order valence-electron chi connectivity index (χ1n) is 8.68. The summed E-state index contributed by atoms with van der Waals surface area (Å²) in [6, 6.07) is 2.82. The molecule has 0 aromatic heterocycles. The van der Waals surface area contributed by atoms with Gasteiger partial charge >= 0.3 is 12.2 Å². The molecule has 5 rings (SSSR count). The van der Waals surface area contributed by atoms with Crippen molar-refractivity contribution < 1.29 is 18.0 Å². The number of halogens is 4. The summed E-state index contributed by atoms with van der Waals surface area (Å²) in [4.78, 5) is 12.4. The smallest absolute Gasteiger partial charge is 0.332 e. The molecule has 25 heavy (non-hydrogen) atoms. The van der Waals surface area contributed by atoms with E-state index in [9.17, 15) is 18.0 Å². The van der Waals surface area contributed by atoms with Crippen LogP contribution in [0.4, 0.5) is 23.7 Å². The fourth-order valence-electron chi connectivity index (χ4n) is 5.52. The van der Waals surface area contributed by atoms with Crippen molar-refractivity contribution in [2.45, 2.75) is 50.2 Å². The number of hydrogen-bond donors (Lipinski definition) is 2. The van der Waals surface area contributed by atoms with Gasteiger partial charge in [0.25, 0.3) is 0 Å². The molecule has 0 unspecified atom stereocenters. The number of hydrogen-bond acceptors (Lipinski definition) is 1. The molecule has 0 atom stereocenters. The molecule has 0 aliphatic heterocycles. The van der Waals surface area contributed by atoms with Crippen LogP contribution in [0, 0.1) is 17.8 Å². The summed E-state index contributed by atoms with van der Waals surface area (Å²) in [7, 11) is 0. The van der Waals surface area contributed by atoms with Crippen molar-refractivity contribution in [3.63, 3.8) is 0 Å². The lowest BCUT2D eigenvalue weighted by molar-refractivity contribution is -0.136. The van der Waals surface area contributed by atoms with Crippen LogP contribution in [0.3, 0.4) is 0 Å². The Morgan fingerprint density at radius 3 is 2.16 bits per heavy atom. The standard InChI is InChI=1S/C18H20ClF3N2O/c19-13-1-2-15(14(6-13)18(20,21)22)23-16(25)24-17-7-10-3-11(8-17)5-12(4-10)9-17/h1-2,6,10-12H,3-5,7-9H2,(H2,23,24,25). The van der Waals surface area contributed by atoms with Crippen molar-refractivity contribution in [3.8, 4) is 0 Å². The van der Waals surface area contributed by atoms with Crippen LogP contribution in [0.5, 0.6) is 0 Å². The maximum absolute atomic E-state index is 13.2. The van der Waals surface area contributed by atoms with E-state index in [0.29, 0.717) is 17.8 Å². The van der Waals surface area contributed by atoms with E-state index >= 15 is 0 Å². The molecule has 136 valence electrons. The normalized spacial score (nSPS) is 33.4. The van der Waals surface area contributed by atoms with E-state index in [0.717, 1.165) is 25.3 Å². The van der Waals surface area contributed by atoms with E-state index in [1.165, 1.54) is 31.4 Å². The molecule has 2 amide bonds. The number of amides is 2. The van der Waals surface area contributed by atoms with Gasteiger partial charge in [-0.2, -0.15) is 13.2 Å². The van der Waals surface area contributed by atoms with Gasteiger partial charge in [0.2, 0.25) is 0 Å². The Morgan fingerprint density at radius 1 is 1.08 bits per heavy atom. The minimum absolute atomic E-state index is 0.0145. The van der Waals surface area contributed by atoms with E-state index in [1.54, 1.807) is 0 Å². The zero-order valence-corrected chi connectivity index (χ0v) is 14.4. The van der Waals surface area contributed by atoms with Gasteiger partial charge in [-0.15, -0.1) is 0 Å². The molecular weight excluding hydrogens is 353 g/mol. The highest BCUT2D eigenvalue weighted by atomic mass is 35.5. The SMILES string of the molecule is O=C(Nc1ccc(Cl)cc1C(F)(F)F)NC12CC3CC(CC(C3)C1)C2. The first-order valence-corrected chi connectivity index (χ1v) is 9.06. The fraction of sp³-hybridized carbons (Fsp3) is 0.611. The highest BCUT2D eigenvalue weighted by Crippen LogP contribution is 2.55. The van der Waals surface area contributed by atoms with Gasteiger partial charge in [-0.05, 0) is 74.5 Å². The van der Waals surface area contributed by atoms with Gasteiger partial charge < -0.3 is 10.6 Å². The minimum atomic E-state index is -4.58. The summed E-state index contributed by atoms with van der Waals surface area (Å²) in [5, 5.41) is 5.39. The third-order valence-electron chi connectivity index (χ3n) is 5.95. The van der Waals surface area contributed by atoms with Gasteiger partial charge in [-0.3, -0.25) is 0 Å². The Balaban J connectivity index is 1.50. The molecule has 4 saturated carbocycles. The van der Waals surface area contributed by atoms with Crippen molar-refractivity contribution in [2.75, 3.05) is 5.32 Å². The Labute approximate surface area is 149 Å². The van der Waals surface area contributed by atoms with Crippen LogP contribution in [-0.4, -0.2) is 11.6 Å². The lowest BCUT2D eigenvalue weighted by Gasteiger charge is -2.56. The fourth-order valence-corrected chi connectivity index (χ4v) is 5.69. The molecular formula is C18H20ClF3N2O. The third-order valence-corrected chi connectivity index (χ3v) is 6.19. The lowest BCUT2D eigenvalue weighted by atomic mass is 9.53. The van der Waals surface area contributed by atoms with Gasteiger partial charge in [0.1, 0.15) is 0 Å². The summed E-state index contributed by atoms with van der Waals surface area (Å²) in [6.45, 7) is 0. The predicted molar refractivity (Wildman–Crippen MR) is 89.5 cm³/mol. The summed E-state index contributed by atoms with van der Waals surface area (Å²) >= 11 is 5.68. The van der Waals surface area contributed by atoms with Crippen LogP contribution in [0.25, 0.3) is 0 Å². The maximum atomic E-state index is 13.2. The second-order valence-corrected chi connectivity index (χ2v) is 8.40. The highest BCUT2D eigenvalue weighted by molar-refractivity contribution is 6.30. The van der Waals surface area contributed by atoms with Gasteiger partial charge in [-0.25, -0.2) is 4.79 Å². The topological polar surface area (TPSA) is 41.1 Å². The molecule has 0 spiro atoms. The summed E-state index contributed by atoms with van der Waals surface area (Å²) < 4.78 is 39.5. The number of urea groups is 1. The molecule has 4 fully saturated rings. The van der Waals surface area contributed by atoms with Crippen molar-refractivity contribution in [1.82, 2.24) is 5.32 Å². The zero-order chi connectivity index (χ0) is 17.8. The van der Waals surface area contributed by atoms with Crippen LogP contribution in [0.15, 0.2) is 18.2 Å². The molecule has 0 saturated heterocycles. The van der Waals surface area contributed by atoms with Gasteiger partial charge in [-0.1, -0.05) is 11.6 Å². The maximum Gasteiger partial charge on any atom is 0.418 e. The van der Waals surface area contributed by atoms with E-state index in [-0.39, 0.29) is 16.2 Å². The quantitative estimate of drug-likeness (QED) is 0.712. The van der Waals surface area contributed by atoms with E-state index in [4.69, 9.17) is 11.6 Å². The Hall–Kier alpha value is -1.43. The number of benzene rings is 1. The molecule has 0 radical (unpaired) electrons. The number of carbonyl (C=O) groups excluding carboxylic acids is 1. The van der Waals surface area contributed by atoms with Crippen LogP contribution >= 0.6 is 11.6 Å². The molecule has 7 heteroatoms. The van der Waals surface area contributed by atoms with E-state index < -0.39 is 17.8 Å². The zero-order valence-electron chi connectivity index (χ0n) is 13.6. The number of anilines is 1. The van der Waals surface area contributed by atoms with Gasteiger partial charge in [0, 0.05) is 10.6 Å². The third kappa shape index (κ3) is 3.33. The van der Waals surface area contributed by atoms with Crippen LogP contribution in [0.1, 0.15) is 44.1 Å². The molecule has 1 aromatic rings. The number of alkyl halides is 3. The summed E-state index contributed by atoms with van der Waals surface area (Å²) in [6.07, 6.45) is 1.96. The first kappa shape index (κ1) is 17.0. The van der Waals surface area contributed by atoms with Gasteiger partial charge in [0.15, 0.2) is 0 Å². The molecule has 4 bridgehead atoms.